The van der Waals surface area contributed by atoms with E-state index in [1.165, 1.54) is 186 Å². The van der Waals surface area contributed by atoms with E-state index in [2.05, 4.69) is 43.5 Å². The van der Waals surface area contributed by atoms with Gasteiger partial charge in [0.2, 0.25) is 5.91 Å². The average Bonchev–Trinajstić information content (AvgIpc) is 3.25. The van der Waals surface area contributed by atoms with Crippen LogP contribution in [0.1, 0.15) is 258 Å². The Balaban J connectivity index is 4.24. The van der Waals surface area contributed by atoms with Crippen LogP contribution in [-0.2, 0) is 18.4 Å². The van der Waals surface area contributed by atoms with Crippen molar-refractivity contribution in [1.29, 1.82) is 0 Å². The molecule has 9 heteroatoms. The highest BCUT2D eigenvalue weighted by Crippen LogP contribution is 2.38. The molecular weight excluding hydrogens is 816 g/mol. The molecule has 0 aromatic rings. The molecule has 0 aromatic heterocycles. The second-order valence-electron chi connectivity index (χ2n) is 19.9. The molecule has 0 spiro atoms. The number of hydrogen-bond acceptors (Lipinski definition) is 6. The van der Waals surface area contributed by atoms with Crippen LogP contribution >= 0.6 is 7.82 Å². The summed E-state index contributed by atoms with van der Waals surface area (Å²) in [6, 6.07) is -0.907. The number of nitrogens with one attached hydrogen (secondary N) is 1. The van der Waals surface area contributed by atoms with E-state index in [1.54, 1.807) is 6.08 Å². The standard InChI is InChI=1S/C55H107N2O6P/c1-6-8-10-12-14-16-18-20-22-23-24-25-26-27-28-29-30-31-32-33-35-36-38-40-42-44-46-48-54(58)53(52-63-64(60,61)62-51-50-57(3,4)5)56-55(59)49-47-45-43-41-39-37-34-21-19-17-15-13-11-9-7-2/h21,34,38,40,46,48,53-54,58H,6-20,22-33,35-37,39,41-45,47,49-52H2,1-5H3,(H-,56,59,60,61)/b34-21-,40-38+,48-46+. The number of phosphoric ester groups is 1. The molecule has 3 unspecified atom stereocenters. The SMILES string of the molecule is CCCCCCCC/C=C\CCCCCCCC(=O)NC(COP(=O)([O-])OCC[N+](C)(C)C)C(O)/C=C/CC/C=C/CCCCCCCCCCCCCCCCCCCCCCC. The van der Waals surface area contributed by atoms with Crippen molar-refractivity contribution in [3.05, 3.63) is 36.5 Å². The number of phosphoric acid groups is 1. The topological polar surface area (TPSA) is 108 Å². The fraction of sp³-hybridized carbons (Fsp3) is 0.873. The van der Waals surface area contributed by atoms with E-state index in [-0.39, 0.29) is 12.5 Å². The monoisotopic (exact) mass is 923 g/mol. The second-order valence-corrected chi connectivity index (χ2v) is 21.3. The zero-order valence-corrected chi connectivity index (χ0v) is 43.9. The number of rotatable bonds is 50. The summed E-state index contributed by atoms with van der Waals surface area (Å²) in [4.78, 5) is 25.4. The highest BCUT2D eigenvalue weighted by atomic mass is 31.2. The number of quaternary nitrogens is 1. The summed E-state index contributed by atoms with van der Waals surface area (Å²) in [6.45, 7) is 4.64. The summed E-state index contributed by atoms with van der Waals surface area (Å²) in [7, 11) is 1.24. The van der Waals surface area contributed by atoms with Crippen molar-refractivity contribution >= 4 is 13.7 Å². The molecule has 3 atom stereocenters. The number of allylic oxidation sites excluding steroid dienone is 5. The quantitative estimate of drug-likeness (QED) is 0.0272. The Labute approximate surface area is 397 Å². The van der Waals surface area contributed by atoms with Crippen molar-refractivity contribution in [2.75, 3.05) is 40.9 Å². The van der Waals surface area contributed by atoms with Gasteiger partial charge in [0.25, 0.3) is 7.82 Å². The van der Waals surface area contributed by atoms with Crippen LogP contribution in [0, 0.1) is 0 Å². The lowest BCUT2D eigenvalue weighted by Crippen LogP contribution is -2.45. The number of unbranched alkanes of at least 4 members (excludes halogenated alkanes) is 33. The molecular formula is C55H107N2O6P. The largest absolute Gasteiger partial charge is 0.756 e. The van der Waals surface area contributed by atoms with Crippen LogP contribution in [0.2, 0.25) is 0 Å². The summed E-state index contributed by atoms with van der Waals surface area (Å²) in [5.41, 5.74) is 0. The molecule has 8 nitrogen and oxygen atoms in total. The van der Waals surface area contributed by atoms with Crippen LogP contribution in [0.25, 0.3) is 0 Å². The Hall–Kier alpha value is -1.28. The van der Waals surface area contributed by atoms with Gasteiger partial charge in [-0.2, -0.15) is 0 Å². The fourth-order valence-electron chi connectivity index (χ4n) is 7.99. The fourth-order valence-corrected chi connectivity index (χ4v) is 8.71. The predicted molar refractivity (Wildman–Crippen MR) is 275 cm³/mol. The number of carbonyl (C=O) groups is 1. The molecule has 0 fully saturated rings. The number of carbonyl (C=O) groups excluding carboxylic acids is 1. The molecule has 0 saturated carbocycles. The lowest BCUT2D eigenvalue weighted by molar-refractivity contribution is -0.870. The van der Waals surface area contributed by atoms with Gasteiger partial charge < -0.3 is 28.8 Å². The zero-order chi connectivity index (χ0) is 47.1. The molecule has 0 bridgehead atoms. The smallest absolute Gasteiger partial charge is 0.268 e. The highest BCUT2D eigenvalue weighted by Gasteiger charge is 2.23. The molecule has 64 heavy (non-hydrogen) atoms. The molecule has 0 rings (SSSR count). The minimum Gasteiger partial charge on any atom is -0.756 e. The Morgan fingerprint density at radius 2 is 0.875 bits per heavy atom. The van der Waals surface area contributed by atoms with Crippen molar-refractivity contribution in [2.24, 2.45) is 0 Å². The summed E-state index contributed by atoms with van der Waals surface area (Å²) < 4.78 is 23.3. The molecule has 0 radical (unpaired) electrons. The van der Waals surface area contributed by atoms with Gasteiger partial charge in [-0.25, -0.2) is 0 Å². The zero-order valence-electron chi connectivity index (χ0n) is 43.0. The van der Waals surface area contributed by atoms with Gasteiger partial charge in [-0.3, -0.25) is 9.36 Å². The Morgan fingerprint density at radius 1 is 0.531 bits per heavy atom. The Morgan fingerprint density at radius 3 is 1.27 bits per heavy atom. The second kappa shape index (κ2) is 46.8. The van der Waals surface area contributed by atoms with Crippen LogP contribution in [0.4, 0.5) is 0 Å². The molecule has 0 aliphatic heterocycles. The molecule has 1 amide bonds. The minimum atomic E-state index is -4.60. The van der Waals surface area contributed by atoms with Gasteiger partial charge in [-0.05, 0) is 57.8 Å². The van der Waals surface area contributed by atoms with Gasteiger partial charge in [0.1, 0.15) is 13.2 Å². The van der Waals surface area contributed by atoms with E-state index in [9.17, 15) is 19.4 Å². The van der Waals surface area contributed by atoms with Gasteiger partial charge in [0.15, 0.2) is 0 Å². The van der Waals surface area contributed by atoms with E-state index in [0.717, 1.165) is 51.4 Å². The number of likely N-dealkylation sites (N-methyl/N-ethyl adjacent to an activating group) is 1. The van der Waals surface area contributed by atoms with Crippen LogP contribution in [-0.4, -0.2) is 68.5 Å². The molecule has 0 saturated heterocycles. The third-order valence-electron chi connectivity index (χ3n) is 12.3. The highest BCUT2D eigenvalue weighted by molar-refractivity contribution is 7.45. The van der Waals surface area contributed by atoms with Crippen molar-refractivity contribution in [3.8, 4) is 0 Å². The number of amides is 1. The van der Waals surface area contributed by atoms with Gasteiger partial charge in [-0.15, -0.1) is 0 Å². The molecule has 0 aliphatic rings. The van der Waals surface area contributed by atoms with E-state index in [1.807, 2.05) is 27.2 Å². The number of aliphatic hydroxyl groups is 1. The molecule has 0 aliphatic carbocycles. The number of nitrogens with zero attached hydrogens (tertiary/aromatic N) is 1. The maximum absolute atomic E-state index is 12.9. The van der Waals surface area contributed by atoms with Gasteiger partial charge in [-0.1, -0.05) is 230 Å². The molecule has 0 aromatic carbocycles. The Kier molecular flexibility index (Phi) is 45.9. The van der Waals surface area contributed by atoms with Gasteiger partial charge >= 0.3 is 0 Å². The van der Waals surface area contributed by atoms with Crippen molar-refractivity contribution in [1.82, 2.24) is 5.32 Å². The summed E-state index contributed by atoms with van der Waals surface area (Å²) in [6.07, 6.45) is 59.4. The molecule has 2 N–H and O–H groups in total. The first-order chi connectivity index (χ1) is 31.0. The Bertz CT molecular complexity index is 1140. The normalized spacial score (nSPS) is 14.3. The summed E-state index contributed by atoms with van der Waals surface area (Å²) in [5, 5.41) is 13.8. The van der Waals surface area contributed by atoms with Crippen LogP contribution in [0.3, 0.4) is 0 Å². The van der Waals surface area contributed by atoms with Crippen molar-refractivity contribution in [2.45, 2.75) is 270 Å². The summed E-state index contributed by atoms with van der Waals surface area (Å²) >= 11 is 0. The minimum absolute atomic E-state index is 0.00757. The maximum Gasteiger partial charge on any atom is 0.268 e. The van der Waals surface area contributed by atoms with E-state index >= 15 is 0 Å². The molecule has 378 valence electrons. The first-order valence-corrected chi connectivity index (χ1v) is 28.8. The van der Waals surface area contributed by atoms with E-state index in [0.29, 0.717) is 17.4 Å². The predicted octanol–water partition coefficient (Wildman–Crippen LogP) is 15.6. The van der Waals surface area contributed by atoms with Crippen LogP contribution in [0.5, 0.6) is 0 Å². The van der Waals surface area contributed by atoms with E-state index in [4.69, 9.17) is 9.05 Å². The number of hydrogen-bond donors (Lipinski definition) is 2. The van der Waals surface area contributed by atoms with Gasteiger partial charge in [0.05, 0.1) is 39.9 Å². The average molecular weight is 923 g/mol. The van der Waals surface area contributed by atoms with Gasteiger partial charge in [0, 0.05) is 6.42 Å². The first kappa shape index (κ1) is 62.7. The van der Waals surface area contributed by atoms with Crippen molar-refractivity contribution < 1.29 is 32.9 Å². The first-order valence-electron chi connectivity index (χ1n) is 27.4. The van der Waals surface area contributed by atoms with Crippen LogP contribution in [0.15, 0.2) is 36.5 Å². The lowest BCUT2D eigenvalue weighted by atomic mass is 10.0. The third kappa shape index (κ3) is 48.6. The summed E-state index contributed by atoms with van der Waals surface area (Å²) in [5.74, 6) is -0.214. The third-order valence-corrected chi connectivity index (χ3v) is 13.3. The maximum atomic E-state index is 12.9. The van der Waals surface area contributed by atoms with Crippen LogP contribution < -0.4 is 10.2 Å². The van der Waals surface area contributed by atoms with Crippen molar-refractivity contribution in [3.63, 3.8) is 0 Å². The molecule has 0 heterocycles. The lowest BCUT2D eigenvalue weighted by Gasteiger charge is -2.29. The number of aliphatic hydroxyl groups excluding tert-OH is 1. The van der Waals surface area contributed by atoms with E-state index < -0.39 is 26.6 Å².